The van der Waals surface area contributed by atoms with E-state index >= 15 is 0 Å². The fraction of sp³-hybridized carbons (Fsp3) is 0.462. The Kier molecular flexibility index (Phi) is 7.29. The van der Waals surface area contributed by atoms with Gasteiger partial charge in [-0.05, 0) is 55.8 Å². The van der Waals surface area contributed by atoms with Gasteiger partial charge >= 0.3 is 0 Å². The van der Waals surface area contributed by atoms with Gasteiger partial charge in [0.15, 0.2) is 11.5 Å². The van der Waals surface area contributed by atoms with Gasteiger partial charge < -0.3 is 19.3 Å². The Bertz CT molecular complexity index is 1170. The molecule has 3 heterocycles. The number of hydrogen-bond donors (Lipinski definition) is 0. The quantitative estimate of drug-likeness (QED) is 0.395. The largest absolute Gasteiger partial charge is 0.454 e. The van der Waals surface area contributed by atoms with Gasteiger partial charge in [0.1, 0.15) is 5.92 Å². The van der Waals surface area contributed by atoms with Gasteiger partial charge in [0.05, 0.1) is 5.71 Å². The highest BCUT2D eigenvalue weighted by Gasteiger charge is 2.38. The minimum Gasteiger partial charge on any atom is -0.454 e. The number of benzene rings is 1. The molecule has 0 radical (unpaired) electrons. The van der Waals surface area contributed by atoms with E-state index in [0.29, 0.717) is 43.3 Å². The van der Waals surface area contributed by atoms with Crippen LogP contribution in [0.3, 0.4) is 0 Å². The van der Waals surface area contributed by atoms with Crippen molar-refractivity contribution >= 4 is 52.1 Å². The van der Waals surface area contributed by atoms with Crippen molar-refractivity contribution in [1.29, 1.82) is 0 Å². The highest BCUT2D eigenvalue weighted by Crippen LogP contribution is 2.31. The summed E-state index contributed by atoms with van der Waals surface area (Å²) >= 11 is 11.6. The first-order valence-electron chi connectivity index (χ1n) is 12.3. The minimum absolute atomic E-state index is 0.0906. The highest BCUT2D eigenvalue weighted by atomic mass is 35.5. The summed E-state index contributed by atoms with van der Waals surface area (Å²) in [6, 6.07) is 5.93. The molecule has 0 spiro atoms. The molecule has 1 atom stereocenters. The van der Waals surface area contributed by atoms with Crippen molar-refractivity contribution in [3.05, 3.63) is 52.5 Å². The summed E-state index contributed by atoms with van der Waals surface area (Å²) in [7, 11) is 0. The third-order valence-corrected chi connectivity index (χ3v) is 7.54. The fourth-order valence-corrected chi connectivity index (χ4v) is 5.40. The third-order valence-electron chi connectivity index (χ3n) is 6.99. The zero-order chi connectivity index (χ0) is 25.2. The number of thiocarbonyl (C=S) groups is 1. The van der Waals surface area contributed by atoms with Crippen LogP contribution in [-0.2, 0) is 19.1 Å². The Balaban J connectivity index is 1.04. The van der Waals surface area contributed by atoms with E-state index < -0.39 is 5.92 Å². The number of amides is 2. The predicted octanol–water partition coefficient (Wildman–Crippen LogP) is 3.83. The normalized spacial score (nSPS) is 21.2. The molecule has 0 saturated carbocycles. The number of ether oxygens (including phenoxy) is 2. The van der Waals surface area contributed by atoms with Crippen molar-refractivity contribution < 1.29 is 19.1 Å². The number of aliphatic imine (C=N–C) groups is 1. The van der Waals surface area contributed by atoms with Crippen LogP contribution in [0.4, 0.5) is 5.69 Å². The first-order chi connectivity index (χ1) is 17.4. The molecule has 2 fully saturated rings. The van der Waals surface area contributed by atoms with Gasteiger partial charge in [-0.2, -0.15) is 0 Å². The molecule has 2 saturated heterocycles. The first kappa shape index (κ1) is 24.8. The van der Waals surface area contributed by atoms with Crippen molar-refractivity contribution in [2.75, 3.05) is 44.4 Å². The van der Waals surface area contributed by atoms with E-state index in [1.807, 2.05) is 23.1 Å². The molecule has 1 aromatic carbocycles. The van der Waals surface area contributed by atoms with Gasteiger partial charge in [-0.3, -0.25) is 14.5 Å². The van der Waals surface area contributed by atoms with Crippen molar-refractivity contribution in [3.63, 3.8) is 0 Å². The van der Waals surface area contributed by atoms with E-state index in [0.717, 1.165) is 43.1 Å². The number of allylic oxidation sites excluding steroid dienone is 1. The van der Waals surface area contributed by atoms with E-state index in [1.54, 1.807) is 17.1 Å². The minimum atomic E-state index is -0.493. The molecule has 1 unspecified atom stereocenters. The third kappa shape index (κ3) is 5.13. The van der Waals surface area contributed by atoms with E-state index in [2.05, 4.69) is 16.8 Å². The van der Waals surface area contributed by atoms with Gasteiger partial charge in [0.25, 0.3) is 0 Å². The Labute approximate surface area is 221 Å². The second-order valence-electron chi connectivity index (χ2n) is 9.34. The molecule has 8 nitrogen and oxygen atoms in total. The monoisotopic (exact) mass is 528 g/mol. The van der Waals surface area contributed by atoms with E-state index in [-0.39, 0.29) is 23.7 Å². The summed E-state index contributed by atoms with van der Waals surface area (Å²) in [5.41, 5.74) is 2.93. The molecular weight excluding hydrogens is 500 g/mol. The molecule has 4 aliphatic rings. The number of anilines is 1. The lowest BCUT2D eigenvalue weighted by molar-refractivity contribution is -0.132. The number of nitrogens with zero attached hydrogens (tertiary/aromatic N) is 4. The number of halogens is 1. The summed E-state index contributed by atoms with van der Waals surface area (Å²) in [4.78, 5) is 36.0. The zero-order valence-electron chi connectivity index (χ0n) is 20.2. The lowest BCUT2D eigenvalue weighted by Gasteiger charge is -2.37. The van der Waals surface area contributed by atoms with Crippen LogP contribution in [0.5, 0.6) is 0 Å². The molecule has 5 rings (SSSR count). The number of aryl methyl sites for hydroxylation is 1. The number of unbranched alkanes of at least 4 members (excludes halogenated alkanes) is 2. The maximum atomic E-state index is 13.0. The smallest absolute Gasteiger partial charge is 0.241 e. The summed E-state index contributed by atoms with van der Waals surface area (Å²) in [6.45, 7) is 5.75. The summed E-state index contributed by atoms with van der Waals surface area (Å²) in [5, 5.41) is 1.01. The second-order valence-corrected chi connectivity index (χ2v) is 10.1. The number of carbonyl (C=O) groups is 2. The lowest BCUT2D eigenvalue weighted by Crippen LogP contribution is -2.49. The number of fused-ring (bicyclic) bond motifs is 2. The molecule has 190 valence electrons. The van der Waals surface area contributed by atoms with Crippen LogP contribution in [-0.4, -0.2) is 72.0 Å². The van der Waals surface area contributed by atoms with Crippen LogP contribution in [0, 0.1) is 12.8 Å². The molecule has 1 aromatic rings. The van der Waals surface area contributed by atoms with E-state index in [9.17, 15) is 9.59 Å². The Hall–Kier alpha value is -2.91. The van der Waals surface area contributed by atoms with Crippen LogP contribution in [0.1, 0.15) is 31.2 Å². The van der Waals surface area contributed by atoms with Crippen LogP contribution in [0.2, 0.25) is 5.02 Å². The number of rotatable bonds is 7. The lowest BCUT2D eigenvalue weighted by atomic mass is 9.93. The fourth-order valence-electron chi connectivity index (χ4n) is 4.94. The van der Waals surface area contributed by atoms with Gasteiger partial charge in [-0.1, -0.05) is 24.1 Å². The topological polar surface area (TPSA) is 74.7 Å². The summed E-state index contributed by atoms with van der Waals surface area (Å²) < 4.78 is 10.8. The van der Waals surface area contributed by atoms with Crippen LogP contribution in [0.25, 0.3) is 0 Å². The van der Waals surface area contributed by atoms with Crippen molar-refractivity contribution in [2.45, 2.75) is 32.6 Å². The van der Waals surface area contributed by atoms with Gasteiger partial charge in [-0.25, -0.2) is 4.99 Å². The Morgan fingerprint density at radius 1 is 1.14 bits per heavy atom. The van der Waals surface area contributed by atoms with Crippen LogP contribution >= 0.6 is 23.8 Å². The molecule has 10 heteroatoms. The molecule has 2 amide bonds. The molecule has 0 N–H and O–H groups in total. The van der Waals surface area contributed by atoms with Crippen molar-refractivity contribution in [1.82, 2.24) is 9.80 Å². The number of carbonyl (C=O) groups excluding carboxylic acids is 2. The molecule has 0 aromatic heterocycles. The summed E-state index contributed by atoms with van der Waals surface area (Å²) in [5.74, 6) is 0.786. The molecular formula is C26H29ClN4O4S. The predicted molar refractivity (Wildman–Crippen MR) is 142 cm³/mol. The molecule has 36 heavy (non-hydrogen) atoms. The van der Waals surface area contributed by atoms with Crippen LogP contribution in [0.15, 0.2) is 46.9 Å². The first-order valence-corrected chi connectivity index (χ1v) is 13.1. The van der Waals surface area contributed by atoms with Crippen LogP contribution < -0.4 is 4.90 Å². The average Bonchev–Trinajstić information content (AvgIpc) is 3.33. The molecule has 1 aliphatic carbocycles. The highest BCUT2D eigenvalue weighted by molar-refractivity contribution is 7.80. The van der Waals surface area contributed by atoms with E-state index in [1.165, 1.54) is 5.56 Å². The average molecular weight is 529 g/mol. The SMILES string of the molecule is Cc1ccc(Cl)cc1N1CCN(C(=O)CCCCCN2C(=O)C3C=C4OCOC4=CC3=NC2=S)CC1. The maximum Gasteiger partial charge on any atom is 0.241 e. The zero-order valence-corrected chi connectivity index (χ0v) is 21.8. The van der Waals surface area contributed by atoms with Crippen molar-refractivity contribution in [2.24, 2.45) is 10.9 Å². The van der Waals surface area contributed by atoms with Gasteiger partial charge in [0.2, 0.25) is 23.7 Å². The van der Waals surface area contributed by atoms with Crippen molar-refractivity contribution in [3.8, 4) is 0 Å². The number of hydrogen-bond acceptors (Lipinski definition) is 6. The summed E-state index contributed by atoms with van der Waals surface area (Å²) in [6.07, 6.45) is 6.37. The maximum absolute atomic E-state index is 13.0. The Morgan fingerprint density at radius 3 is 2.72 bits per heavy atom. The standard InChI is InChI=1S/C26H29ClN4O4S/c1-17-6-7-18(27)13-21(17)29-9-11-30(12-10-29)24(32)5-3-2-4-8-31-25(33)19-14-22-23(35-16-34-22)15-20(19)28-26(31)36/h6-7,13-15,19H,2-5,8-12,16H2,1H3. The second kappa shape index (κ2) is 10.6. The molecule has 3 aliphatic heterocycles. The van der Waals surface area contributed by atoms with Gasteiger partial charge in [-0.15, -0.1) is 0 Å². The Morgan fingerprint density at radius 2 is 1.92 bits per heavy atom. The van der Waals surface area contributed by atoms with E-state index in [4.69, 9.17) is 33.3 Å². The molecule has 0 bridgehead atoms. The number of piperazine rings is 1. The van der Waals surface area contributed by atoms with Gasteiger partial charge in [0, 0.05) is 55.9 Å².